The van der Waals surface area contributed by atoms with Crippen molar-refractivity contribution >= 4 is 6.08 Å². The van der Waals surface area contributed by atoms with Crippen LogP contribution in [-0.2, 0) is 14.2 Å². The van der Waals surface area contributed by atoms with E-state index in [4.69, 9.17) is 23.7 Å². The second-order valence-electron chi connectivity index (χ2n) is 4.33. The van der Waals surface area contributed by atoms with Gasteiger partial charge in [0, 0.05) is 0 Å². The van der Waals surface area contributed by atoms with E-state index in [2.05, 4.69) is 0 Å². The molecule has 1 aromatic carbocycles. The van der Waals surface area contributed by atoms with Gasteiger partial charge in [-0.25, -0.2) is 0 Å². The monoisotopic (exact) mass is 280 g/mol. The lowest BCUT2D eigenvalue weighted by molar-refractivity contribution is -0.101. The second kappa shape index (κ2) is 7.77. The normalized spacial score (nSPS) is 19.0. The van der Waals surface area contributed by atoms with Crippen molar-refractivity contribution in [2.24, 2.45) is 0 Å². The largest absolute Gasteiger partial charge is 0.504 e. The van der Waals surface area contributed by atoms with Crippen LogP contribution < -0.4 is 9.47 Å². The Hall–Kier alpha value is -1.72. The first-order valence-electron chi connectivity index (χ1n) is 6.53. The van der Waals surface area contributed by atoms with Crippen molar-refractivity contribution in [1.29, 1.82) is 0 Å². The molecule has 5 nitrogen and oxygen atoms in total. The molecule has 0 aliphatic carbocycles. The van der Waals surface area contributed by atoms with E-state index in [1.807, 2.05) is 24.3 Å². The van der Waals surface area contributed by atoms with Gasteiger partial charge in [0.05, 0.1) is 40.3 Å². The molecule has 0 saturated carbocycles. The summed E-state index contributed by atoms with van der Waals surface area (Å²) >= 11 is 0. The Kier molecular flexibility index (Phi) is 5.70. The number of hydrogen-bond acceptors (Lipinski definition) is 5. The quantitative estimate of drug-likeness (QED) is 0.747. The van der Waals surface area contributed by atoms with Crippen molar-refractivity contribution < 1.29 is 23.7 Å². The predicted molar refractivity (Wildman–Crippen MR) is 75.1 cm³/mol. The lowest BCUT2D eigenvalue weighted by atomic mass is 10.2. The molecule has 1 fully saturated rings. The van der Waals surface area contributed by atoms with Gasteiger partial charge in [-0.15, -0.1) is 0 Å². The average molecular weight is 280 g/mol. The number of ether oxygens (including phenoxy) is 5. The number of benzene rings is 1. The van der Waals surface area contributed by atoms with Gasteiger partial charge in [-0.05, 0) is 23.8 Å². The molecule has 20 heavy (non-hydrogen) atoms. The minimum Gasteiger partial charge on any atom is -0.504 e. The maximum absolute atomic E-state index is 5.74. The van der Waals surface area contributed by atoms with E-state index < -0.39 is 0 Å². The molecule has 0 aromatic heterocycles. The molecular formula is C15H20O5. The molecular weight excluding hydrogens is 260 g/mol. The van der Waals surface area contributed by atoms with Crippen molar-refractivity contribution in [3.8, 4) is 11.5 Å². The van der Waals surface area contributed by atoms with E-state index in [0.29, 0.717) is 37.9 Å². The molecule has 0 N–H and O–H groups in total. The van der Waals surface area contributed by atoms with E-state index in [1.54, 1.807) is 20.5 Å². The van der Waals surface area contributed by atoms with Gasteiger partial charge < -0.3 is 23.7 Å². The SMILES string of the molecule is CO/C=C/c1ccc(OC[C@H]2COCCO2)c(OC)c1. The molecule has 110 valence electrons. The Labute approximate surface area is 119 Å². The zero-order valence-corrected chi connectivity index (χ0v) is 11.8. The minimum atomic E-state index is -0.0264. The molecule has 0 bridgehead atoms. The molecule has 1 aromatic rings. The Morgan fingerprint density at radius 2 is 2.15 bits per heavy atom. The Balaban J connectivity index is 1.97. The van der Waals surface area contributed by atoms with Gasteiger partial charge in [0.1, 0.15) is 12.7 Å². The summed E-state index contributed by atoms with van der Waals surface area (Å²) in [4.78, 5) is 0. The van der Waals surface area contributed by atoms with Crippen LogP contribution in [0.15, 0.2) is 24.5 Å². The Morgan fingerprint density at radius 3 is 2.85 bits per heavy atom. The van der Waals surface area contributed by atoms with Crippen LogP contribution in [0.5, 0.6) is 11.5 Å². The van der Waals surface area contributed by atoms with Crippen molar-refractivity contribution in [2.45, 2.75) is 6.10 Å². The second-order valence-corrected chi connectivity index (χ2v) is 4.33. The van der Waals surface area contributed by atoms with Gasteiger partial charge in [0.15, 0.2) is 11.5 Å². The van der Waals surface area contributed by atoms with Crippen LogP contribution in [-0.4, -0.2) is 46.8 Å². The Bertz CT molecular complexity index is 438. The van der Waals surface area contributed by atoms with Gasteiger partial charge in [-0.2, -0.15) is 0 Å². The smallest absolute Gasteiger partial charge is 0.161 e. The van der Waals surface area contributed by atoms with E-state index in [-0.39, 0.29) is 6.10 Å². The average Bonchev–Trinajstić information content (AvgIpc) is 2.52. The van der Waals surface area contributed by atoms with Gasteiger partial charge >= 0.3 is 0 Å². The van der Waals surface area contributed by atoms with Crippen LogP contribution in [0.2, 0.25) is 0 Å². The van der Waals surface area contributed by atoms with Crippen molar-refractivity contribution in [2.75, 3.05) is 40.6 Å². The first-order chi connectivity index (χ1) is 9.83. The third-order valence-electron chi connectivity index (χ3n) is 2.89. The van der Waals surface area contributed by atoms with Crippen LogP contribution in [0, 0.1) is 0 Å². The first-order valence-corrected chi connectivity index (χ1v) is 6.53. The third-order valence-corrected chi connectivity index (χ3v) is 2.89. The maximum atomic E-state index is 5.74. The standard InChI is InChI=1S/C15H20O5/c1-16-6-5-12-3-4-14(15(9-12)17-2)20-11-13-10-18-7-8-19-13/h3-6,9,13H,7-8,10-11H2,1-2H3/b6-5+/t13-/m1/s1. The molecule has 0 spiro atoms. The lowest BCUT2D eigenvalue weighted by Crippen LogP contribution is -2.33. The molecule has 1 atom stereocenters. The van der Waals surface area contributed by atoms with Crippen LogP contribution in [0.25, 0.3) is 6.08 Å². The first kappa shape index (κ1) is 14.7. The molecule has 1 saturated heterocycles. The topological polar surface area (TPSA) is 46.2 Å². The van der Waals surface area contributed by atoms with Crippen molar-refractivity contribution in [3.05, 3.63) is 30.0 Å². The fourth-order valence-electron chi connectivity index (χ4n) is 1.87. The number of methoxy groups -OCH3 is 2. The highest BCUT2D eigenvalue weighted by Crippen LogP contribution is 2.28. The molecule has 1 heterocycles. The fraction of sp³-hybridized carbons (Fsp3) is 0.467. The molecule has 0 amide bonds. The molecule has 1 aliphatic rings. The molecule has 5 heteroatoms. The van der Waals surface area contributed by atoms with Crippen LogP contribution in [0.3, 0.4) is 0 Å². The molecule has 1 aliphatic heterocycles. The highest BCUT2D eigenvalue weighted by atomic mass is 16.6. The van der Waals surface area contributed by atoms with Crippen LogP contribution in [0.1, 0.15) is 5.56 Å². The zero-order chi connectivity index (χ0) is 14.2. The molecule has 2 rings (SSSR count). The van der Waals surface area contributed by atoms with Crippen molar-refractivity contribution in [3.63, 3.8) is 0 Å². The van der Waals surface area contributed by atoms with E-state index >= 15 is 0 Å². The van der Waals surface area contributed by atoms with Gasteiger partial charge in [0.25, 0.3) is 0 Å². The number of rotatable bonds is 6. The molecule has 0 radical (unpaired) electrons. The van der Waals surface area contributed by atoms with Gasteiger partial charge in [-0.1, -0.05) is 6.07 Å². The van der Waals surface area contributed by atoms with Crippen LogP contribution in [0.4, 0.5) is 0 Å². The molecule has 0 unspecified atom stereocenters. The summed E-state index contributed by atoms with van der Waals surface area (Å²) in [5, 5.41) is 0. The fourth-order valence-corrected chi connectivity index (χ4v) is 1.87. The zero-order valence-electron chi connectivity index (χ0n) is 11.8. The summed E-state index contributed by atoms with van der Waals surface area (Å²) in [6, 6.07) is 5.70. The lowest BCUT2D eigenvalue weighted by Gasteiger charge is -2.23. The summed E-state index contributed by atoms with van der Waals surface area (Å²) in [6.07, 6.45) is 3.44. The summed E-state index contributed by atoms with van der Waals surface area (Å²) < 4.78 is 26.8. The van der Waals surface area contributed by atoms with Gasteiger partial charge in [-0.3, -0.25) is 0 Å². The van der Waals surface area contributed by atoms with E-state index in [1.165, 1.54) is 0 Å². The van der Waals surface area contributed by atoms with E-state index in [9.17, 15) is 0 Å². The third kappa shape index (κ3) is 4.15. The highest BCUT2D eigenvalue weighted by molar-refractivity contribution is 5.55. The van der Waals surface area contributed by atoms with Crippen LogP contribution >= 0.6 is 0 Å². The van der Waals surface area contributed by atoms with Crippen molar-refractivity contribution in [1.82, 2.24) is 0 Å². The predicted octanol–water partition coefficient (Wildman–Crippen LogP) is 2.11. The highest BCUT2D eigenvalue weighted by Gasteiger charge is 2.16. The summed E-state index contributed by atoms with van der Waals surface area (Å²) in [7, 11) is 3.23. The summed E-state index contributed by atoms with van der Waals surface area (Å²) in [5.41, 5.74) is 0.980. The minimum absolute atomic E-state index is 0.0264. The summed E-state index contributed by atoms with van der Waals surface area (Å²) in [5.74, 6) is 1.37. The van der Waals surface area contributed by atoms with Gasteiger partial charge in [0.2, 0.25) is 0 Å². The summed E-state index contributed by atoms with van der Waals surface area (Å²) in [6.45, 7) is 2.28. The Morgan fingerprint density at radius 1 is 1.25 bits per heavy atom. The maximum Gasteiger partial charge on any atom is 0.161 e. The van der Waals surface area contributed by atoms with E-state index in [0.717, 1.165) is 5.56 Å². The number of hydrogen-bond donors (Lipinski definition) is 0.